The summed E-state index contributed by atoms with van der Waals surface area (Å²) in [6.07, 6.45) is 0. The van der Waals surface area contributed by atoms with Crippen molar-refractivity contribution in [3.05, 3.63) is 29.8 Å². The zero-order valence-corrected chi connectivity index (χ0v) is 15.1. The molecule has 126 valence electrons. The van der Waals surface area contributed by atoms with Gasteiger partial charge in [-0.2, -0.15) is 0 Å². The van der Waals surface area contributed by atoms with Gasteiger partial charge in [0.25, 0.3) is 0 Å². The van der Waals surface area contributed by atoms with Gasteiger partial charge in [-0.25, -0.2) is 0 Å². The number of benzene rings is 1. The predicted molar refractivity (Wildman–Crippen MR) is 94.9 cm³/mol. The van der Waals surface area contributed by atoms with Crippen LogP contribution < -0.4 is 5.46 Å². The highest BCUT2D eigenvalue weighted by atomic mass is 16.7. The maximum absolute atomic E-state index is 6.25. The first-order chi connectivity index (χ1) is 10.8. The molecule has 0 atom stereocenters. The van der Waals surface area contributed by atoms with Gasteiger partial charge in [0.05, 0.1) is 11.2 Å². The minimum Gasteiger partial charge on any atom is -0.399 e. The Kier molecular flexibility index (Phi) is 4.58. The summed E-state index contributed by atoms with van der Waals surface area (Å²) in [6, 6.07) is 8.54. The SMILES string of the molecule is CN1CCN(Cc2ccccc2B2OC(C)(C)C(C)(C)O2)CC1. The van der Waals surface area contributed by atoms with E-state index in [1.54, 1.807) is 0 Å². The van der Waals surface area contributed by atoms with Gasteiger partial charge in [-0.15, -0.1) is 0 Å². The third-order valence-electron chi connectivity index (χ3n) is 5.55. The van der Waals surface area contributed by atoms with Crippen LogP contribution in [-0.4, -0.2) is 61.3 Å². The first kappa shape index (κ1) is 17.0. The molecule has 0 saturated carbocycles. The Balaban J connectivity index is 1.77. The van der Waals surface area contributed by atoms with Crippen molar-refractivity contribution in [3.63, 3.8) is 0 Å². The van der Waals surface area contributed by atoms with E-state index in [4.69, 9.17) is 9.31 Å². The van der Waals surface area contributed by atoms with Crippen LogP contribution in [0.15, 0.2) is 24.3 Å². The largest absolute Gasteiger partial charge is 0.495 e. The molecule has 0 aromatic heterocycles. The lowest BCUT2D eigenvalue weighted by atomic mass is 9.76. The van der Waals surface area contributed by atoms with E-state index >= 15 is 0 Å². The fraction of sp³-hybridized carbons (Fsp3) is 0.667. The Labute approximate surface area is 140 Å². The van der Waals surface area contributed by atoms with Crippen molar-refractivity contribution in [2.45, 2.75) is 45.4 Å². The Morgan fingerprint density at radius 1 is 0.957 bits per heavy atom. The first-order valence-corrected chi connectivity index (χ1v) is 8.63. The molecule has 1 aromatic rings. The molecule has 2 aliphatic rings. The van der Waals surface area contributed by atoms with E-state index in [0.29, 0.717) is 0 Å². The lowest BCUT2D eigenvalue weighted by Crippen LogP contribution is -2.45. The normalized spacial score (nSPS) is 25.0. The Bertz CT molecular complexity index is 538. The highest BCUT2D eigenvalue weighted by molar-refractivity contribution is 6.62. The van der Waals surface area contributed by atoms with Crippen LogP contribution in [0, 0.1) is 0 Å². The van der Waals surface area contributed by atoms with Gasteiger partial charge in [-0.1, -0.05) is 24.3 Å². The summed E-state index contributed by atoms with van der Waals surface area (Å²) in [6.45, 7) is 13.9. The second-order valence-electron chi connectivity index (χ2n) is 7.87. The monoisotopic (exact) mass is 316 g/mol. The molecule has 4 nitrogen and oxygen atoms in total. The van der Waals surface area contributed by atoms with Crippen molar-refractivity contribution in [2.75, 3.05) is 33.2 Å². The van der Waals surface area contributed by atoms with Gasteiger partial charge < -0.3 is 14.2 Å². The minimum atomic E-state index is -0.293. The molecule has 0 amide bonds. The molecular weight excluding hydrogens is 287 g/mol. The zero-order valence-electron chi connectivity index (χ0n) is 15.1. The van der Waals surface area contributed by atoms with E-state index in [1.807, 2.05) is 0 Å². The third kappa shape index (κ3) is 3.48. The molecule has 2 aliphatic heterocycles. The number of hydrogen-bond donors (Lipinski definition) is 0. The van der Waals surface area contributed by atoms with Crippen LogP contribution in [0.25, 0.3) is 0 Å². The Hall–Kier alpha value is -0.875. The second kappa shape index (κ2) is 6.21. The summed E-state index contributed by atoms with van der Waals surface area (Å²) < 4.78 is 12.5. The van der Waals surface area contributed by atoms with E-state index in [-0.39, 0.29) is 18.3 Å². The third-order valence-corrected chi connectivity index (χ3v) is 5.55. The van der Waals surface area contributed by atoms with Gasteiger partial charge in [0.1, 0.15) is 0 Å². The molecular formula is C18H29BN2O2. The molecule has 5 heteroatoms. The van der Waals surface area contributed by atoms with Crippen LogP contribution in [0.4, 0.5) is 0 Å². The van der Waals surface area contributed by atoms with E-state index in [2.05, 4.69) is 68.8 Å². The van der Waals surface area contributed by atoms with E-state index in [1.165, 1.54) is 11.0 Å². The highest BCUT2D eigenvalue weighted by Gasteiger charge is 2.52. The van der Waals surface area contributed by atoms with Crippen molar-refractivity contribution < 1.29 is 9.31 Å². The number of hydrogen-bond acceptors (Lipinski definition) is 4. The fourth-order valence-electron chi connectivity index (χ4n) is 3.13. The van der Waals surface area contributed by atoms with Gasteiger partial charge in [-0.3, -0.25) is 4.90 Å². The summed E-state index contributed by atoms with van der Waals surface area (Å²) in [5, 5.41) is 0. The highest BCUT2D eigenvalue weighted by Crippen LogP contribution is 2.36. The molecule has 0 spiro atoms. The molecule has 23 heavy (non-hydrogen) atoms. The average Bonchev–Trinajstić information content (AvgIpc) is 2.70. The van der Waals surface area contributed by atoms with Gasteiger partial charge in [-0.05, 0) is 45.8 Å². The molecule has 1 aromatic carbocycles. The van der Waals surface area contributed by atoms with Crippen LogP contribution >= 0.6 is 0 Å². The van der Waals surface area contributed by atoms with Crippen LogP contribution in [0.1, 0.15) is 33.3 Å². The molecule has 2 saturated heterocycles. The van der Waals surface area contributed by atoms with E-state index in [0.717, 1.165) is 32.7 Å². The van der Waals surface area contributed by atoms with Gasteiger partial charge in [0.2, 0.25) is 0 Å². The fourth-order valence-corrected chi connectivity index (χ4v) is 3.13. The Morgan fingerprint density at radius 2 is 1.52 bits per heavy atom. The van der Waals surface area contributed by atoms with Crippen molar-refractivity contribution >= 4 is 12.6 Å². The van der Waals surface area contributed by atoms with Crippen molar-refractivity contribution in [1.29, 1.82) is 0 Å². The standard InChI is InChI=1S/C18H29BN2O2/c1-17(2)18(3,4)23-19(22-17)16-9-7-6-8-15(16)14-21-12-10-20(5)11-13-21/h6-9H,10-14H2,1-5H3. The lowest BCUT2D eigenvalue weighted by molar-refractivity contribution is 0.00578. The van der Waals surface area contributed by atoms with Gasteiger partial charge >= 0.3 is 7.12 Å². The molecule has 0 N–H and O–H groups in total. The number of likely N-dealkylation sites (N-methyl/N-ethyl adjacent to an activating group) is 1. The topological polar surface area (TPSA) is 24.9 Å². The molecule has 0 aliphatic carbocycles. The van der Waals surface area contributed by atoms with Crippen LogP contribution in [0.3, 0.4) is 0 Å². The number of nitrogens with zero attached hydrogens (tertiary/aromatic N) is 2. The summed E-state index contributed by atoms with van der Waals surface area (Å²) >= 11 is 0. The smallest absolute Gasteiger partial charge is 0.399 e. The van der Waals surface area contributed by atoms with Crippen LogP contribution in [0.5, 0.6) is 0 Å². The molecule has 2 heterocycles. The summed E-state index contributed by atoms with van der Waals surface area (Å²) in [5.74, 6) is 0. The molecule has 0 radical (unpaired) electrons. The van der Waals surface area contributed by atoms with Gasteiger partial charge in [0, 0.05) is 32.7 Å². The average molecular weight is 316 g/mol. The number of piperazine rings is 1. The van der Waals surface area contributed by atoms with Crippen LogP contribution in [0.2, 0.25) is 0 Å². The van der Waals surface area contributed by atoms with Crippen molar-refractivity contribution in [3.8, 4) is 0 Å². The Morgan fingerprint density at radius 3 is 2.13 bits per heavy atom. The summed E-state index contributed by atoms with van der Waals surface area (Å²) in [5.41, 5.74) is 1.90. The van der Waals surface area contributed by atoms with Crippen molar-refractivity contribution in [2.24, 2.45) is 0 Å². The molecule has 2 fully saturated rings. The zero-order chi connectivity index (χ0) is 16.7. The van der Waals surface area contributed by atoms with E-state index < -0.39 is 0 Å². The maximum Gasteiger partial charge on any atom is 0.495 e. The molecule has 0 bridgehead atoms. The molecule has 3 rings (SSSR count). The lowest BCUT2D eigenvalue weighted by Gasteiger charge is -2.32. The summed E-state index contributed by atoms with van der Waals surface area (Å²) in [7, 11) is 1.92. The number of rotatable bonds is 3. The predicted octanol–water partition coefficient (Wildman–Crippen LogP) is 1.73. The van der Waals surface area contributed by atoms with Crippen LogP contribution in [-0.2, 0) is 15.9 Å². The van der Waals surface area contributed by atoms with Gasteiger partial charge in [0.15, 0.2) is 0 Å². The summed E-state index contributed by atoms with van der Waals surface area (Å²) in [4.78, 5) is 4.90. The maximum atomic E-state index is 6.25. The first-order valence-electron chi connectivity index (χ1n) is 8.63. The van der Waals surface area contributed by atoms with Crippen molar-refractivity contribution in [1.82, 2.24) is 9.80 Å². The molecule has 0 unspecified atom stereocenters. The minimum absolute atomic E-state index is 0.274. The van der Waals surface area contributed by atoms with E-state index in [9.17, 15) is 0 Å². The quantitative estimate of drug-likeness (QED) is 0.793. The second-order valence-corrected chi connectivity index (χ2v) is 7.87.